The molecule has 4 heteroatoms. The third-order valence-corrected chi connectivity index (χ3v) is 4.38. The fourth-order valence-electron chi connectivity index (χ4n) is 2.98. The Morgan fingerprint density at radius 2 is 2.00 bits per heavy atom. The number of piperazine rings is 1. The molecule has 22 heavy (non-hydrogen) atoms. The summed E-state index contributed by atoms with van der Waals surface area (Å²) in [6.45, 7) is 8.43. The summed E-state index contributed by atoms with van der Waals surface area (Å²) in [5.41, 5.74) is 1.26. The Labute approximate surface area is 134 Å². The Kier molecular flexibility index (Phi) is 7.40. The Morgan fingerprint density at radius 1 is 1.27 bits per heavy atom. The van der Waals surface area contributed by atoms with Gasteiger partial charge in [-0.1, -0.05) is 37.3 Å². The van der Waals surface area contributed by atoms with Gasteiger partial charge in [0.2, 0.25) is 5.91 Å². The summed E-state index contributed by atoms with van der Waals surface area (Å²) in [5.74, 6) is 0.505. The van der Waals surface area contributed by atoms with Crippen molar-refractivity contribution in [2.75, 3.05) is 39.3 Å². The van der Waals surface area contributed by atoms with Crippen molar-refractivity contribution >= 4 is 5.91 Å². The summed E-state index contributed by atoms with van der Waals surface area (Å²) in [6.07, 6.45) is 2.63. The molecule has 0 saturated carbocycles. The fourth-order valence-corrected chi connectivity index (χ4v) is 2.98. The summed E-state index contributed by atoms with van der Waals surface area (Å²) in [4.78, 5) is 14.6. The number of hydrogen-bond donors (Lipinski definition) is 2. The normalized spacial score (nSPS) is 17.1. The van der Waals surface area contributed by atoms with Crippen LogP contribution in [-0.4, -0.2) is 50.1 Å². The molecule has 1 heterocycles. The number of carbonyl (C=O) groups is 1. The second kappa shape index (κ2) is 9.59. The van der Waals surface area contributed by atoms with E-state index in [1.165, 1.54) is 5.56 Å². The average Bonchev–Trinajstić information content (AvgIpc) is 2.58. The van der Waals surface area contributed by atoms with Gasteiger partial charge < -0.3 is 15.5 Å². The SMILES string of the molecule is CCC(CC(=O)NCCCN1CCNCC1)c1ccccc1. The molecule has 0 aromatic heterocycles. The molecule has 1 amide bonds. The van der Waals surface area contributed by atoms with Crippen molar-refractivity contribution in [3.8, 4) is 0 Å². The molecule has 4 nitrogen and oxygen atoms in total. The second-order valence-electron chi connectivity index (χ2n) is 6.02. The van der Waals surface area contributed by atoms with E-state index in [9.17, 15) is 4.79 Å². The Balaban J connectivity index is 1.64. The molecule has 1 aliphatic rings. The van der Waals surface area contributed by atoms with Crippen LogP contribution >= 0.6 is 0 Å². The van der Waals surface area contributed by atoms with E-state index in [1.807, 2.05) is 18.2 Å². The van der Waals surface area contributed by atoms with Gasteiger partial charge in [-0.15, -0.1) is 0 Å². The lowest BCUT2D eigenvalue weighted by atomic mass is 9.93. The number of benzene rings is 1. The molecule has 1 aromatic carbocycles. The molecule has 1 unspecified atom stereocenters. The largest absolute Gasteiger partial charge is 0.356 e. The Morgan fingerprint density at radius 3 is 2.68 bits per heavy atom. The second-order valence-corrected chi connectivity index (χ2v) is 6.02. The first-order valence-corrected chi connectivity index (χ1v) is 8.54. The molecule has 0 spiro atoms. The van der Waals surface area contributed by atoms with Crippen molar-refractivity contribution in [3.63, 3.8) is 0 Å². The van der Waals surface area contributed by atoms with Crippen LogP contribution in [0.25, 0.3) is 0 Å². The zero-order valence-electron chi connectivity index (χ0n) is 13.7. The van der Waals surface area contributed by atoms with Crippen molar-refractivity contribution in [2.24, 2.45) is 0 Å². The Bertz CT molecular complexity index is 429. The first kappa shape index (κ1) is 17.0. The van der Waals surface area contributed by atoms with E-state index < -0.39 is 0 Å². The van der Waals surface area contributed by atoms with Gasteiger partial charge in [0, 0.05) is 39.1 Å². The summed E-state index contributed by atoms with van der Waals surface area (Å²) < 4.78 is 0. The zero-order chi connectivity index (χ0) is 15.6. The van der Waals surface area contributed by atoms with Crippen molar-refractivity contribution in [3.05, 3.63) is 35.9 Å². The van der Waals surface area contributed by atoms with Gasteiger partial charge in [0.1, 0.15) is 0 Å². The predicted molar refractivity (Wildman–Crippen MR) is 91.0 cm³/mol. The fraction of sp³-hybridized carbons (Fsp3) is 0.611. The minimum atomic E-state index is 0.177. The van der Waals surface area contributed by atoms with Crippen molar-refractivity contribution in [1.82, 2.24) is 15.5 Å². The molecular formula is C18H29N3O. The molecule has 0 aliphatic carbocycles. The van der Waals surface area contributed by atoms with Crippen LogP contribution in [0.5, 0.6) is 0 Å². The van der Waals surface area contributed by atoms with Crippen LogP contribution in [0.3, 0.4) is 0 Å². The van der Waals surface area contributed by atoms with Gasteiger partial charge in [0.15, 0.2) is 0 Å². The zero-order valence-corrected chi connectivity index (χ0v) is 13.7. The lowest BCUT2D eigenvalue weighted by molar-refractivity contribution is -0.121. The molecule has 2 N–H and O–H groups in total. The van der Waals surface area contributed by atoms with Gasteiger partial charge in [0.25, 0.3) is 0 Å². The van der Waals surface area contributed by atoms with Crippen LogP contribution in [0, 0.1) is 0 Å². The van der Waals surface area contributed by atoms with Gasteiger partial charge in [-0.3, -0.25) is 4.79 Å². The topological polar surface area (TPSA) is 44.4 Å². The third-order valence-electron chi connectivity index (χ3n) is 4.38. The molecule has 1 saturated heterocycles. The van der Waals surface area contributed by atoms with Crippen LogP contribution in [0.4, 0.5) is 0 Å². The van der Waals surface area contributed by atoms with E-state index in [0.717, 1.165) is 52.1 Å². The van der Waals surface area contributed by atoms with E-state index in [1.54, 1.807) is 0 Å². The van der Waals surface area contributed by atoms with Gasteiger partial charge in [-0.05, 0) is 30.9 Å². The van der Waals surface area contributed by atoms with E-state index in [4.69, 9.17) is 0 Å². The molecule has 1 atom stereocenters. The smallest absolute Gasteiger partial charge is 0.220 e. The first-order chi connectivity index (χ1) is 10.8. The lowest BCUT2D eigenvalue weighted by Crippen LogP contribution is -2.44. The van der Waals surface area contributed by atoms with E-state index in [0.29, 0.717) is 12.3 Å². The van der Waals surface area contributed by atoms with E-state index >= 15 is 0 Å². The van der Waals surface area contributed by atoms with Gasteiger partial charge >= 0.3 is 0 Å². The van der Waals surface area contributed by atoms with E-state index in [-0.39, 0.29) is 5.91 Å². The van der Waals surface area contributed by atoms with Crippen molar-refractivity contribution in [1.29, 1.82) is 0 Å². The molecule has 2 rings (SSSR count). The molecule has 0 radical (unpaired) electrons. The first-order valence-electron chi connectivity index (χ1n) is 8.54. The molecule has 1 fully saturated rings. The highest BCUT2D eigenvalue weighted by molar-refractivity contribution is 5.76. The van der Waals surface area contributed by atoms with E-state index in [2.05, 4.69) is 34.6 Å². The summed E-state index contributed by atoms with van der Waals surface area (Å²) in [7, 11) is 0. The molecule has 1 aromatic rings. The van der Waals surface area contributed by atoms with Gasteiger partial charge in [-0.2, -0.15) is 0 Å². The van der Waals surface area contributed by atoms with Crippen LogP contribution < -0.4 is 10.6 Å². The lowest BCUT2D eigenvalue weighted by Gasteiger charge is -2.27. The maximum Gasteiger partial charge on any atom is 0.220 e. The van der Waals surface area contributed by atoms with Crippen molar-refractivity contribution < 1.29 is 4.79 Å². The van der Waals surface area contributed by atoms with Crippen molar-refractivity contribution in [2.45, 2.75) is 32.1 Å². The number of carbonyl (C=O) groups excluding carboxylic acids is 1. The third kappa shape index (κ3) is 5.78. The maximum atomic E-state index is 12.1. The number of hydrogen-bond acceptors (Lipinski definition) is 3. The van der Waals surface area contributed by atoms with Gasteiger partial charge in [0.05, 0.1) is 0 Å². The Hall–Kier alpha value is -1.39. The van der Waals surface area contributed by atoms with Crippen LogP contribution in [0.15, 0.2) is 30.3 Å². The number of rotatable bonds is 8. The maximum absolute atomic E-state index is 12.1. The number of nitrogens with zero attached hydrogens (tertiary/aromatic N) is 1. The van der Waals surface area contributed by atoms with Crippen LogP contribution in [-0.2, 0) is 4.79 Å². The molecule has 1 aliphatic heterocycles. The monoisotopic (exact) mass is 303 g/mol. The highest BCUT2D eigenvalue weighted by Crippen LogP contribution is 2.22. The standard InChI is InChI=1S/C18H29N3O/c1-2-16(17-7-4-3-5-8-17)15-18(22)20-9-6-12-21-13-10-19-11-14-21/h3-5,7-8,16,19H,2,6,9-15H2,1H3,(H,20,22). The average molecular weight is 303 g/mol. The minimum absolute atomic E-state index is 0.177. The van der Waals surface area contributed by atoms with Gasteiger partial charge in [-0.25, -0.2) is 0 Å². The summed E-state index contributed by atoms with van der Waals surface area (Å²) >= 11 is 0. The van der Waals surface area contributed by atoms with Crippen LogP contribution in [0.2, 0.25) is 0 Å². The number of amides is 1. The highest BCUT2D eigenvalue weighted by atomic mass is 16.1. The summed E-state index contributed by atoms with van der Waals surface area (Å²) in [6, 6.07) is 10.3. The van der Waals surface area contributed by atoms with Crippen LogP contribution in [0.1, 0.15) is 37.7 Å². The molecule has 0 bridgehead atoms. The highest BCUT2D eigenvalue weighted by Gasteiger charge is 2.14. The molecular weight excluding hydrogens is 274 g/mol. The quantitative estimate of drug-likeness (QED) is 0.722. The minimum Gasteiger partial charge on any atom is -0.356 e. The summed E-state index contributed by atoms with van der Waals surface area (Å²) in [5, 5.41) is 6.43. The predicted octanol–water partition coefficient (Wildman–Crippen LogP) is 1.98. The number of nitrogens with one attached hydrogen (secondary N) is 2. The molecule has 122 valence electrons.